The molecule has 6 nitrogen and oxygen atoms in total. The van der Waals surface area contributed by atoms with Gasteiger partial charge in [0.2, 0.25) is 10.0 Å². The number of amides is 1. The second-order valence-corrected chi connectivity index (χ2v) is 8.45. The molecule has 2 aromatic carbocycles. The van der Waals surface area contributed by atoms with E-state index in [4.69, 9.17) is 0 Å². The number of benzene rings is 2. The fourth-order valence-corrected chi connectivity index (χ4v) is 3.20. The Hall–Kier alpha value is -2.54. The quantitative estimate of drug-likeness (QED) is 0.807. The van der Waals surface area contributed by atoms with E-state index in [-0.39, 0.29) is 11.7 Å². The van der Waals surface area contributed by atoms with Crippen molar-refractivity contribution >= 4 is 27.3 Å². The van der Waals surface area contributed by atoms with Gasteiger partial charge in [-0.3, -0.25) is 9.10 Å². The Morgan fingerprint density at radius 1 is 0.923 bits per heavy atom. The zero-order valence-electron chi connectivity index (χ0n) is 15.6. The maximum absolute atomic E-state index is 12.3. The van der Waals surface area contributed by atoms with Gasteiger partial charge in [0, 0.05) is 38.9 Å². The highest BCUT2D eigenvalue weighted by Gasteiger charge is 2.16. The first kappa shape index (κ1) is 19.8. The molecule has 140 valence electrons. The molecule has 0 aliphatic rings. The van der Waals surface area contributed by atoms with E-state index >= 15 is 0 Å². The Bertz CT molecular complexity index is 845. The first-order valence-corrected chi connectivity index (χ1v) is 9.96. The summed E-state index contributed by atoms with van der Waals surface area (Å²) in [6.07, 6.45) is 0. The Morgan fingerprint density at radius 3 is 1.96 bits per heavy atom. The summed E-state index contributed by atoms with van der Waals surface area (Å²) in [5, 5.41) is 2.87. The molecule has 2 aromatic rings. The molecule has 0 unspecified atom stereocenters. The molecule has 1 amide bonds. The van der Waals surface area contributed by atoms with Crippen molar-refractivity contribution in [2.45, 2.75) is 13.5 Å². The largest absolute Gasteiger partial charge is 0.378 e. The molecule has 2 rings (SSSR count). The number of carbonyl (C=O) groups excluding carboxylic acids is 1. The van der Waals surface area contributed by atoms with E-state index < -0.39 is 10.0 Å². The average molecular weight is 375 g/mol. The number of anilines is 2. The van der Waals surface area contributed by atoms with Crippen molar-refractivity contribution < 1.29 is 13.2 Å². The Kier molecular flexibility index (Phi) is 6.26. The van der Waals surface area contributed by atoms with Crippen LogP contribution in [0.3, 0.4) is 0 Å². The van der Waals surface area contributed by atoms with Crippen LogP contribution >= 0.6 is 0 Å². The van der Waals surface area contributed by atoms with Crippen LogP contribution in [0.25, 0.3) is 0 Å². The summed E-state index contributed by atoms with van der Waals surface area (Å²) in [4.78, 5) is 14.3. The molecule has 0 heterocycles. The van der Waals surface area contributed by atoms with Crippen molar-refractivity contribution in [2.75, 3.05) is 36.1 Å². The van der Waals surface area contributed by atoms with Gasteiger partial charge < -0.3 is 10.2 Å². The molecule has 0 radical (unpaired) electrons. The van der Waals surface area contributed by atoms with Crippen molar-refractivity contribution in [3.8, 4) is 0 Å². The highest BCUT2D eigenvalue weighted by molar-refractivity contribution is 7.92. The van der Waals surface area contributed by atoms with Crippen molar-refractivity contribution in [3.05, 3.63) is 59.7 Å². The Morgan fingerprint density at radius 2 is 1.46 bits per heavy atom. The molecule has 0 aliphatic carbocycles. The lowest BCUT2D eigenvalue weighted by Gasteiger charge is -2.18. The lowest BCUT2D eigenvalue weighted by Crippen LogP contribution is -2.28. The van der Waals surface area contributed by atoms with Gasteiger partial charge in [-0.1, -0.05) is 12.1 Å². The summed E-state index contributed by atoms with van der Waals surface area (Å²) in [7, 11) is 2.15. The number of rotatable bonds is 7. The number of hydrogen-bond acceptors (Lipinski definition) is 4. The molecule has 0 aromatic heterocycles. The molecular weight excluding hydrogens is 350 g/mol. The zero-order chi connectivity index (χ0) is 19.3. The fourth-order valence-electron chi connectivity index (χ4n) is 2.37. The monoisotopic (exact) mass is 375 g/mol. The van der Waals surface area contributed by atoms with E-state index in [1.165, 1.54) is 11.4 Å². The molecule has 0 saturated carbocycles. The van der Waals surface area contributed by atoms with Crippen LogP contribution < -0.4 is 14.5 Å². The van der Waals surface area contributed by atoms with Crippen LogP contribution in [0.4, 0.5) is 11.4 Å². The highest BCUT2D eigenvalue weighted by atomic mass is 32.2. The summed E-state index contributed by atoms with van der Waals surface area (Å²) in [5.41, 5.74) is 3.12. The predicted molar refractivity (Wildman–Crippen MR) is 106 cm³/mol. The molecule has 0 atom stereocenters. The van der Waals surface area contributed by atoms with Crippen LogP contribution in [0.15, 0.2) is 48.5 Å². The minimum Gasteiger partial charge on any atom is -0.378 e. The van der Waals surface area contributed by atoms with Crippen molar-refractivity contribution in [1.29, 1.82) is 0 Å². The van der Waals surface area contributed by atoms with Gasteiger partial charge >= 0.3 is 0 Å². The van der Waals surface area contributed by atoms with Crippen molar-refractivity contribution in [3.63, 3.8) is 0 Å². The summed E-state index contributed by atoms with van der Waals surface area (Å²) in [5.74, 6) is -0.174. The van der Waals surface area contributed by atoms with Crippen LogP contribution in [-0.4, -0.2) is 41.2 Å². The Balaban J connectivity index is 1.99. The topological polar surface area (TPSA) is 69.7 Å². The number of carbonyl (C=O) groups is 1. The van der Waals surface area contributed by atoms with Crippen molar-refractivity contribution in [1.82, 2.24) is 5.32 Å². The minimum atomic E-state index is -3.31. The number of hydrogen-bond donors (Lipinski definition) is 1. The second-order valence-electron chi connectivity index (χ2n) is 6.16. The SMILES string of the molecule is CCS(=O)(=O)N(C)c1ccc(C(=O)NCc2ccc(N(C)C)cc2)cc1. The van der Waals surface area contributed by atoms with E-state index in [9.17, 15) is 13.2 Å². The summed E-state index contributed by atoms with van der Waals surface area (Å²) in [6, 6.07) is 14.5. The minimum absolute atomic E-state index is 0.0261. The standard InChI is InChI=1S/C19H25N3O3S/c1-5-26(24,25)22(4)18-12-8-16(9-13-18)19(23)20-14-15-6-10-17(11-7-15)21(2)3/h6-13H,5,14H2,1-4H3,(H,20,23). The molecule has 0 fully saturated rings. The van der Waals surface area contributed by atoms with E-state index in [0.717, 1.165) is 11.3 Å². The third kappa shape index (κ3) is 4.76. The number of nitrogens with zero attached hydrogens (tertiary/aromatic N) is 2. The normalized spacial score (nSPS) is 11.1. The van der Waals surface area contributed by atoms with Crippen LogP contribution in [0, 0.1) is 0 Å². The van der Waals surface area contributed by atoms with Crippen LogP contribution in [0.1, 0.15) is 22.8 Å². The lowest BCUT2D eigenvalue weighted by atomic mass is 10.1. The van der Waals surface area contributed by atoms with Gasteiger partial charge in [-0.25, -0.2) is 8.42 Å². The summed E-state index contributed by atoms with van der Waals surface area (Å²) < 4.78 is 25.0. The van der Waals surface area contributed by atoms with Gasteiger partial charge in [-0.05, 0) is 48.9 Å². The van der Waals surface area contributed by atoms with Gasteiger partial charge in [-0.15, -0.1) is 0 Å². The van der Waals surface area contributed by atoms with E-state index in [0.29, 0.717) is 17.8 Å². The van der Waals surface area contributed by atoms with E-state index in [1.54, 1.807) is 31.2 Å². The Labute approximate surface area is 155 Å². The summed E-state index contributed by atoms with van der Waals surface area (Å²) in [6.45, 7) is 2.02. The maximum Gasteiger partial charge on any atom is 0.251 e. The molecule has 0 saturated heterocycles. The first-order chi connectivity index (χ1) is 12.2. The van der Waals surface area contributed by atoms with Gasteiger partial charge in [0.05, 0.1) is 11.4 Å². The third-order valence-electron chi connectivity index (χ3n) is 4.18. The average Bonchev–Trinajstić information content (AvgIpc) is 2.65. The summed E-state index contributed by atoms with van der Waals surface area (Å²) >= 11 is 0. The smallest absolute Gasteiger partial charge is 0.251 e. The highest BCUT2D eigenvalue weighted by Crippen LogP contribution is 2.17. The third-order valence-corrected chi connectivity index (χ3v) is 5.96. The van der Waals surface area contributed by atoms with Gasteiger partial charge in [0.1, 0.15) is 0 Å². The number of nitrogens with one attached hydrogen (secondary N) is 1. The molecule has 0 spiro atoms. The fraction of sp³-hybridized carbons (Fsp3) is 0.316. The number of sulfonamides is 1. The maximum atomic E-state index is 12.3. The molecule has 7 heteroatoms. The molecular formula is C19H25N3O3S. The first-order valence-electron chi connectivity index (χ1n) is 8.35. The predicted octanol–water partition coefficient (Wildman–Crippen LogP) is 2.47. The molecule has 0 aliphatic heterocycles. The zero-order valence-corrected chi connectivity index (χ0v) is 16.4. The van der Waals surface area contributed by atoms with Crippen molar-refractivity contribution in [2.24, 2.45) is 0 Å². The second kappa shape index (κ2) is 8.23. The molecule has 0 bridgehead atoms. The van der Waals surface area contributed by atoms with Gasteiger partial charge in [-0.2, -0.15) is 0 Å². The van der Waals surface area contributed by atoms with E-state index in [1.807, 2.05) is 43.3 Å². The van der Waals surface area contributed by atoms with Gasteiger partial charge in [0.15, 0.2) is 0 Å². The molecule has 26 heavy (non-hydrogen) atoms. The van der Waals surface area contributed by atoms with Gasteiger partial charge in [0.25, 0.3) is 5.91 Å². The van der Waals surface area contributed by atoms with Crippen LogP contribution in [0.5, 0.6) is 0 Å². The molecule has 1 N–H and O–H groups in total. The lowest BCUT2D eigenvalue weighted by molar-refractivity contribution is 0.0951. The van der Waals surface area contributed by atoms with E-state index in [2.05, 4.69) is 5.32 Å². The van der Waals surface area contributed by atoms with Crippen LogP contribution in [-0.2, 0) is 16.6 Å². The van der Waals surface area contributed by atoms with Crippen LogP contribution in [0.2, 0.25) is 0 Å².